The molecule has 5 nitrogen and oxygen atoms in total. The first kappa shape index (κ1) is 18.2. The van der Waals surface area contributed by atoms with Gasteiger partial charge in [0.05, 0.1) is 20.3 Å². The second-order valence-corrected chi connectivity index (χ2v) is 6.51. The number of unbranched alkanes of at least 4 members (excludes halogenated alkanes) is 2. The van der Waals surface area contributed by atoms with Gasteiger partial charge in [0.25, 0.3) is 5.91 Å². The van der Waals surface area contributed by atoms with Crippen LogP contribution in [-0.2, 0) is 13.0 Å². The average molecular weight is 354 g/mol. The van der Waals surface area contributed by atoms with Crippen molar-refractivity contribution in [3.8, 4) is 11.5 Å². The van der Waals surface area contributed by atoms with E-state index in [2.05, 4.69) is 11.9 Å². The van der Waals surface area contributed by atoms with E-state index in [1.165, 1.54) is 5.56 Å². The largest absolute Gasteiger partial charge is 0.493 e. The Hall–Kier alpha value is -2.56. The molecule has 0 radical (unpaired) electrons. The number of hydrogen-bond acceptors (Lipinski definition) is 4. The molecule has 0 saturated heterocycles. The van der Waals surface area contributed by atoms with Gasteiger partial charge in [-0.15, -0.1) is 0 Å². The highest BCUT2D eigenvalue weighted by molar-refractivity contribution is 5.99. The summed E-state index contributed by atoms with van der Waals surface area (Å²) in [5, 5.41) is 0. The van der Waals surface area contributed by atoms with E-state index in [4.69, 9.17) is 9.47 Å². The molecule has 0 aliphatic carbocycles. The highest BCUT2D eigenvalue weighted by Gasteiger charge is 2.31. The SMILES string of the molecule is CCCCCOc1c(OC)ccc2c1CN(CCc1ccncc1)C2=O. The Labute approximate surface area is 155 Å². The molecule has 26 heavy (non-hydrogen) atoms. The smallest absolute Gasteiger partial charge is 0.254 e. The summed E-state index contributed by atoms with van der Waals surface area (Å²) >= 11 is 0. The van der Waals surface area contributed by atoms with Gasteiger partial charge in [0, 0.05) is 30.1 Å². The van der Waals surface area contributed by atoms with Crippen molar-refractivity contribution in [1.29, 1.82) is 0 Å². The number of nitrogens with zero attached hydrogens (tertiary/aromatic N) is 2. The molecule has 0 spiro atoms. The lowest BCUT2D eigenvalue weighted by atomic mass is 10.1. The van der Waals surface area contributed by atoms with Crippen molar-refractivity contribution >= 4 is 5.91 Å². The van der Waals surface area contributed by atoms with E-state index in [1.807, 2.05) is 29.2 Å². The monoisotopic (exact) mass is 354 g/mol. The molecule has 0 atom stereocenters. The molecule has 0 saturated carbocycles. The standard InChI is InChI=1S/C21H26N2O3/c1-3-4-5-14-26-20-18-15-23(13-10-16-8-11-22-12-9-16)21(24)17(18)6-7-19(20)25-2/h6-9,11-12H,3-5,10,13-15H2,1-2H3. The summed E-state index contributed by atoms with van der Waals surface area (Å²) in [6, 6.07) is 7.65. The highest BCUT2D eigenvalue weighted by Crippen LogP contribution is 2.38. The summed E-state index contributed by atoms with van der Waals surface area (Å²) in [4.78, 5) is 18.7. The Morgan fingerprint density at radius 3 is 2.69 bits per heavy atom. The van der Waals surface area contributed by atoms with Crippen LogP contribution in [0, 0.1) is 0 Å². The predicted molar refractivity (Wildman–Crippen MR) is 101 cm³/mol. The number of methoxy groups -OCH3 is 1. The third kappa shape index (κ3) is 3.98. The van der Waals surface area contributed by atoms with Gasteiger partial charge in [-0.25, -0.2) is 0 Å². The van der Waals surface area contributed by atoms with Gasteiger partial charge in [0.2, 0.25) is 0 Å². The Morgan fingerprint density at radius 2 is 1.96 bits per heavy atom. The summed E-state index contributed by atoms with van der Waals surface area (Å²) in [6.45, 7) is 4.06. The lowest BCUT2D eigenvalue weighted by Crippen LogP contribution is -2.26. The van der Waals surface area contributed by atoms with Crippen molar-refractivity contribution < 1.29 is 14.3 Å². The lowest BCUT2D eigenvalue weighted by Gasteiger charge is -2.16. The van der Waals surface area contributed by atoms with Gasteiger partial charge in [0.15, 0.2) is 11.5 Å². The number of carbonyl (C=O) groups excluding carboxylic acids is 1. The van der Waals surface area contributed by atoms with Crippen LogP contribution in [0.3, 0.4) is 0 Å². The van der Waals surface area contributed by atoms with Crippen molar-refractivity contribution in [2.45, 2.75) is 39.2 Å². The number of ether oxygens (including phenoxy) is 2. The zero-order chi connectivity index (χ0) is 18.4. The summed E-state index contributed by atoms with van der Waals surface area (Å²) in [6.07, 6.45) is 7.66. The topological polar surface area (TPSA) is 51.7 Å². The van der Waals surface area contributed by atoms with Crippen LogP contribution >= 0.6 is 0 Å². The van der Waals surface area contributed by atoms with Crippen molar-refractivity contribution in [3.05, 3.63) is 53.3 Å². The van der Waals surface area contributed by atoms with E-state index >= 15 is 0 Å². The summed E-state index contributed by atoms with van der Waals surface area (Å²) < 4.78 is 11.5. The molecular formula is C21H26N2O3. The van der Waals surface area contributed by atoms with Crippen LogP contribution in [0.4, 0.5) is 0 Å². The van der Waals surface area contributed by atoms with Crippen LogP contribution in [0.1, 0.15) is 47.7 Å². The molecule has 1 aromatic carbocycles. The molecule has 1 amide bonds. The maximum Gasteiger partial charge on any atom is 0.254 e. The van der Waals surface area contributed by atoms with Crippen molar-refractivity contribution in [2.24, 2.45) is 0 Å². The van der Waals surface area contributed by atoms with Gasteiger partial charge in [-0.05, 0) is 42.7 Å². The number of hydrogen-bond donors (Lipinski definition) is 0. The molecule has 1 aliphatic rings. The van der Waals surface area contributed by atoms with Gasteiger partial charge in [-0.1, -0.05) is 19.8 Å². The number of pyridine rings is 1. The van der Waals surface area contributed by atoms with E-state index in [9.17, 15) is 4.79 Å². The van der Waals surface area contributed by atoms with Crippen LogP contribution in [0.5, 0.6) is 11.5 Å². The molecule has 0 N–H and O–H groups in total. The summed E-state index contributed by atoms with van der Waals surface area (Å²) in [5.74, 6) is 1.49. The number of fused-ring (bicyclic) bond motifs is 1. The summed E-state index contributed by atoms with van der Waals surface area (Å²) in [5.41, 5.74) is 2.85. The second kappa shape index (κ2) is 8.70. The first-order valence-corrected chi connectivity index (χ1v) is 9.25. The summed E-state index contributed by atoms with van der Waals surface area (Å²) in [7, 11) is 1.64. The van der Waals surface area contributed by atoms with Crippen molar-refractivity contribution in [3.63, 3.8) is 0 Å². The fourth-order valence-corrected chi connectivity index (χ4v) is 3.24. The number of amides is 1. The first-order chi connectivity index (χ1) is 12.7. The first-order valence-electron chi connectivity index (χ1n) is 9.25. The minimum Gasteiger partial charge on any atom is -0.493 e. The minimum atomic E-state index is 0.0649. The zero-order valence-electron chi connectivity index (χ0n) is 15.5. The van der Waals surface area contributed by atoms with E-state index in [0.29, 0.717) is 25.4 Å². The Bertz CT molecular complexity index is 746. The Balaban J connectivity index is 1.73. The Kier molecular flexibility index (Phi) is 6.10. The van der Waals surface area contributed by atoms with Crippen LogP contribution in [-0.4, -0.2) is 36.1 Å². The Morgan fingerprint density at radius 1 is 1.15 bits per heavy atom. The molecule has 0 bridgehead atoms. The van der Waals surface area contributed by atoms with Crippen molar-refractivity contribution in [2.75, 3.05) is 20.3 Å². The third-order valence-corrected chi connectivity index (χ3v) is 4.72. The lowest BCUT2D eigenvalue weighted by molar-refractivity contribution is 0.0780. The maximum atomic E-state index is 12.8. The quantitative estimate of drug-likeness (QED) is 0.642. The van der Waals surface area contributed by atoms with Gasteiger partial charge in [0.1, 0.15) is 0 Å². The average Bonchev–Trinajstić information content (AvgIpc) is 3.00. The van der Waals surface area contributed by atoms with Crippen molar-refractivity contribution in [1.82, 2.24) is 9.88 Å². The predicted octanol–water partition coefficient (Wildman–Crippen LogP) is 3.86. The zero-order valence-corrected chi connectivity index (χ0v) is 15.5. The third-order valence-electron chi connectivity index (χ3n) is 4.72. The number of benzene rings is 1. The molecule has 5 heteroatoms. The molecule has 138 valence electrons. The molecule has 0 fully saturated rings. The molecule has 2 aromatic rings. The van der Waals surface area contributed by atoms with Crippen LogP contribution in [0.2, 0.25) is 0 Å². The van der Waals surface area contributed by atoms with Crippen LogP contribution in [0.15, 0.2) is 36.7 Å². The fourth-order valence-electron chi connectivity index (χ4n) is 3.24. The maximum absolute atomic E-state index is 12.8. The molecule has 1 aromatic heterocycles. The van der Waals surface area contributed by atoms with E-state index in [-0.39, 0.29) is 5.91 Å². The van der Waals surface area contributed by atoms with Gasteiger partial charge >= 0.3 is 0 Å². The van der Waals surface area contributed by atoms with E-state index < -0.39 is 0 Å². The molecule has 2 heterocycles. The molecular weight excluding hydrogens is 328 g/mol. The van der Waals surface area contributed by atoms with Crippen LogP contribution in [0.25, 0.3) is 0 Å². The normalized spacial score (nSPS) is 13.0. The van der Waals surface area contributed by atoms with Gasteiger partial charge < -0.3 is 14.4 Å². The molecule has 1 aliphatic heterocycles. The number of rotatable bonds is 9. The molecule has 3 rings (SSSR count). The minimum absolute atomic E-state index is 0.0649. The fraction of sp³-hybridized carbons (Fsp3) is 0.429. The van der Waals surface area contributed by atoms with E-state index in [1.54, 1.807) is 19.5 Å². The highest BCUT2D eigenvalue weighted by atomic mass is 16.5. The number of carbonyl (C=O) groups is 1. The second-order valence-electron chi connectivity index (χ2n) is 6.51. The molecule has 0 unspecified atom stereocenters. The number of aromatic nitrogens is 1. The van der Waals surface area contributed by atoms with E-state index in [0.717, 1.165) is 42.6 Å². The van der Waals surface area contributed by atoms with Gasteiger partial charge in [-0.3, -0.25) is 9.78 Å². The van der Waals surface area contributed by atoms with Gasteiger partial charge in [-0.2, -0.15) is 0 Å². The van der Waals surface area contributed by atoms with Crippen LogP contribution < -0.4 is 9.47 Å².